The summed E-state index contributed by atoms with van der Waals surface area (Å²) in [6.45, 7) is 13.4. The number of fused-ring (bicyclic) bond motifs is 2. The van der Waals surface area contributed by atoms with Crippen molar-refractivity contribution in [1.29, 1.82) is 0 Å². The maximum absolute atomic E-state index is 13.6. The standard InChI is InChI=1S/C32H39NO5S.C28H31NO5S/c1-22(2)23-11-8-12-24(19-23)25-13-9-14-26(20-25)39(35,36)33-29-17-7-6-15-28-27(29)16-10-18-30(28)37-21-31(34)38-32(3,4)5;1-19(2)20-8-5-9-21(16-20)22-10-6-11-23(17-22)35(32,33)29-26-14-4-3-12-25-24(26)13-7-15-27(25)34-18-28(30)31/h8-14,16,18-20,22,29,33H,6-7,15,17,21H2,1-5H3;5-11,13,15-17,19,26,29H,3-4,12,14,18H2,1-2H3,(H,30,31). The Kier molecular flexibility index (Phi) is 18.2. The maximum Gasteiger partial charge on any atom is 0.344 e. The molecule has 0 spiro atoms. The number of sulfonamides is 2. The summed E-state index contributed by atoms with van der Waals surface area (Å²) in [7, 11) is -7.60. The number of hydrogen-bond acceptors (Lipinski definition) is 9. The lowest BCUT2D eigenvalue weighted by Gasteiger charge is -2.22. The molecule has 0 saturated carbocycles. The predicted molar refractivity (Wildman–Crippen MR) is 291 cm³/mol. The number of carboxylic acid groups (broad SMARTS) is 1. The van der Waals surface area contributed by atoms with E-state index in [1.54, 1.807) is 48.5 Å². The van der Waals surface area contributed by atoms with Gasteiger partial charge in [-0.3, -0.25) is 0 Å². The smallest absolute Gasteiger partial charge is 0.344 e. The number of aliphatic carboxylic acids is 1. The molecule has 2 unspecified atom stereocenters. The summed E-state index contributed by atoms with van der Waals surface area (Å²) < 4.78 is 76.8. The summed E-state index contributed by atoms with van der Waals surface area (Å²) in [6.07, 6.45) is 6.30. The lowest BCUT2D eigenvalue weighted by molar-refractivity contribution is -0.157. The maximum atomic E-state index is 13.6. The zero-order valence-corrected chi connectivity index (χ0v) is 45.2. The molecule has 392 valence electrons. The van der Waals surface area contributed by atoms with E-state index in [-0.39, 0.29) is 16.4 Å². The molecule has 14 heteroatoms. The number of ether oxygens (including phenoxy) is 3. The Morgan fingerprint density at radius 1 is 0.554 bits per heavy atom. The average molecular weight is 1040 g/mol. The number of rotatable bonds is 16. The Morgan fingerprint density at radius 2 is 0.946 bits per heavy atom. The Morgan fingerprint density at radius 3 is 1.35 bits per heavy atom. The van der Waals surface area contributed by atoms with E-state index in [4.69, 9.17) is 19.3 Å². The molecule has 0 heterocycles. The fraction of sp³-hybridized carbons (Fsp3) is 0.367. The van der Waals surface area contributed by atoms with E-state index >= 15 is 0 Å². The van der Waals surface area contributed by atoms with Gasteiger partial charge < -0.3 is 19.3 Å². The lowest BCUT2D eigenvalue weighted by Crippen LogP contribution is -2.29. The Bertz CT molecular complexity index is 3160. The molecule has 0 fully saturated rings. The van der Waals surface area contributed by atoms with Crippen LogP contribution in [-0.4, -0.2) is 52.7 Å². The monoisotopic (exact) mass is 1040 g/mol. The van der Waals surface area contributed by atoms with Crippen LogP contribution in [0.1, 0.15) is 144 Å². The third kappa shape index (κ3) is 14.7. The van der Waals surface area contributed by atoms with Crippen LogP contribution in [0.3, 0.4) is 0 Å². The highest BCUT2D eigenvalue weighted by Crippen LogP contribution is 2.38. The van der Waals surface area contributed by atoms with Crippen LogP contribution in [0.25, 0.3) is 22.3 Å². The minimum atomic E-state index is -3.80. The van der Waals surface area contributed by atoms with Crippen molar-refractivity contribution in [2.75, 3.05) is 13.2 Å². The number of esters is 1. The van der Waals surface area contributed by atoms with E-state index in [2.05, 4.69) is 61.4 Å². The van der Waals surface area contributed by atoms with Crippen LogP contribution in [0.5, 0.6) is 11.5 Å². The van der Waals surface area contributed by atoms with Gasteiger partial charge in [-0.1, -0.05) is 138 Å². The molecule has 74 heavy (non-hydrogen) atoms. The van der Waals surface area contributed by atoms with Gasteiger partial charge >= 0.3 is 11.9 Å². The fourth-order valence-electron chi connectivity index (χ4n) is 9.48. The quantitative estimate of drug-likeness (QED) is 0.0625. The number of carboxylic acids is 1. The van der Waals surface area contributed by atoms with Crippen molar-refractivity contribution < 1.29 is 45.7 Å². The van der Waals surface area contributed by atoms with Crippen molar-refractivity contribution in [3.63, 3.8) is 0 Å². The second-order valence-corrected chi connectivity index (χ2v) is 24.1. The van der Waals surface area contributed by atoms with E-state index in [9.17, 15) is 26.4 Å². The summed E-state index contributed by atoms with van der Waals surface area (Å²) in [5.74, 6) is 0.367. The Balaban J connectivity index is 0.000000217. The lowest BCUT2D eigenvalue weighted by atomic mass is 9.97. The van der Waals surface area contributed by atoms with E-state index in [0.29, 0.717) is 42.6 Å². The van der Waals surface area contributed by atoms with Crippen LogP contribution in [0.15, 0.2) is 143 Å². The molecular formula is C60H70N2O10S2. The van der Waals surface area contributed by atoms with Gasteiger partial charge in [0.2, 0.25) is 20.0 Å². The van der Waals surface area contributed by atoms with Crippen LogP contribution in [0, 0.1) is 0 Å². The molecule has 2 aliphatic rings. The predicted octanol–water partition coefficient (Wildman–Crippen LogP) is 12.6. The molecule has 0 aromatic heterocycles. The van der Waals surface area contributed by atoms with Crippen LogP contribution in [-0.2, 0) is 47.2 Å². The highest BCUT2D eigenvalue weighted by molar-refractivity contribution is 7.89. The van der Waals surface area contributed by atoms with E-state index < -0.39 is 56.3 Å². The number of carbonyl (C=O) groups excluding carboxylic acids is 1. The van der Waals surface area contributed by atoms with Gasteiger partial charge in [0.05, 0.1) is 9.79 Å². The summed E-state index contributed by atoms with van der Waals surface area (Å²) in [6, 6.07) is 40.7. The molecule has 12 nitrogen and oxygen atoms in total. The SMILES string of the molecule is CC(C)c1cccc(-c2cccc(S(=O)(=O)NC3CCCCc4c(OCC(=O)O)cccc43)c2)c1.CC(C)c1cccc(-c2cccc(S(=O)(=O)NC3CCCCc4c(OCC(=O)OC(C)(C)C)cccc43)c2)c1. The average Bonchev–Trinajstić information content (AvgIpc) is 3.70. The molecule has 0 aliphatic heterocycles. The van der Waals surface area contributed by atoms with Crippen molar-refractivity contribution >= 4 is 32.0 Å². The first kappa shape index (κ1) is 55.4. The molecular weight excluding hydrogens is 973 g/mol. The van der Waals surface area contributed by atoms with Crippen LogP contribution < -0.4 is 18.9 Å². The molecule has 0 amide bonds. The van der Waals surface area contributed by atoms with Gasteiger partial charge in [0.1, 0.15) is 17.1 Å². The molecule has 0 bridgehead atoms. The number of carbonyl (C=O) groups is 2. The Labute approximate surface area is 438 Å². The normalized spacial score (nSPS) is 15.9. The first-order valence-electron chi connectivity index (χ1n) is 25.6. The largest absolute Gasteiger partial charge is 0.482 e. The minimum absolute atomic E-state index is 0.199. The summed E-state index contributed by atoms with van der Waals surface area (Å²) in [4.78, 5) is 23.7. The molecule has 2 aliphatic carbocycles. The number of hydrogen-bond donors (Lipinski definition) is 3. The Hall–Kier alpha value is -6.32. The van der Waals surface area contributed by atoms with Crippen LogP contribution in [0.4, 0.5) is 0 Å². The highest BCUT2D eigenvalue weighted by atomic mass is 32.2. The van der Waals surface area contributed by atoms with Crippen molar-refractivity contribution in [2.24, 2.45) is 0 Å². The van der Waals surface area contributed by atoms with Gasteiger partial charge in [0, 0.05) is 12.1 Å². The molecule has 2 atom stereocenters. The summed E-state index contributed by atoms with van der Waals surface area (Å²) >= 11 is 0. The number of benzene rings is 6. The van der Waals surface area contributed by atoms with Gasteiger partial charge in [0.25, 0.3) is 0 Å². The van der Waals surface area contributed by atoms with Crippen molar-refractivity contribution in [1.82, 2.24) is 9.44 Å². The zero-order chi connectivity index (χ0) is 53.2. The van der Waals surface area contributed by atoms with E-state index in [1.807, 2.05) is 81.4 Å². The minimum Gasteiger partial charge on any atom is -0.482 e. The fourth-order valence-corrected chi connectivity index (χ4v) is 12.1. The van der Waals surface area contributed by atoms with Gasteiger partial charge in [0.15, 0.2) is 13.2 Å². The summed E-state index contributed by atoms with van der Waals surface area (Å²) in [5.41, 5.74) is 9.03. The van der Waals surface area contributed by atoms with Crippen LogP contribution >= 0.6 is 0 Å². The third-order valence-electron chi connectivity index (χ3n) is 13.2. The van der Waals surface area contributed by atoms with Crippen molar-refractivity contribution in [3.05, 3.63) is 167 Å². The number of nitrogens with one attached hydrogen (secondary N) is 2. The first-order chi connectivity index (χ1) is 35.2. The first-order valence-corrected chi connectivity index (χ1v) is 28.5. The molecule has 8 rings (SSSR count). The van der Waals surface area contributed by atoms with Crippen LogP contribution in [0.2, 0.25) is 0 Å². The second-order valence-electron chi connectivity index (χ2n) is 20.7. The third-order valence-corrected chi connectivity index (χ3v) is 16.1. The molecule has 6 aromatic rings. The highest BCUT2D eigenvalue weighted by Gasteiger charge is 2.29. The van der Waals surface area contributed by atoms with Gasteiger partial charge in [-0.2, -0.15) is 0 Å². The van der Waals surface area contributed by atoms with Gasteiger partial charge in [-0.25, -0.2) is 35.9 Å². The molecule has 0 saturated heterocycles. The topological polar surface area (TPSA) is 174 Å². The zero-order valence-electron chi connectivity index (χ0n) is 43.5. The van der Waals surface area contributed by atoms with Gasteiger partial charge in [-0.05, 0) is 163 Å². The van der Waals surface area contributed by atoms with Crippen molar-refractivity contribution in [2.45, 2.75) is 139 Å². The molecule has 3 N–H and O–H groups in total. The van der Waals surface area contributed by atoms with Gasteiger partial charge in [-0.15, -0.1) is 0 Å². The molecule has 6 aromatic carbocycles. The molecule has 0 radical (unpaired) electrons. The summed E-state index contributed by atoms with van der Waals surface area (Å²) in [5, 5.41) is 9.00. The second kappa shape index (κ2) is 24.4. The van der Waals surface area contributed by atoms with E-state index in [0.717, 1.165) is 76.6 Å². The van der Waals surface area contributed by atoms with E-state index in [1.165, 1.54) is 11.1 Å². The van der Waals surface area contributed by atoms with Crippen molar-refractivity contribution in [3.8, 4) is 33.8 Å².